The van der Waals surface area contributed by atoms with Crippen LogP contribution in [0.25, 0.3) is 0 Å². The smallest absolute Gasteiger partial charge is 0.193 e. The summed E-state index contributed by atoms with van der Waals surface area (Å²) < 4.78 is 0. The zero-order valence-electron chi connectivity index (χ0n) is 16.0. The van der Waals surface area contributed by atoms with Crippen molar-refractivity contribution in [2.75, 3.05) is 45.8 Å². The minimum Gasteiger partial charge on any atom is -0.357 e. The lowest BCUT2D eigenvalue weighted by molar-refractivity contribution is 0.208. The van der Waals surface area contributed by atoms with Crippen molar-refractivity contribution in [1.82, 2.24) is 15.1 Å². The van der Waals surface area contributed by atoms with Gasteiger partial charge in [-0.3, -0.25) is 4.99 Å². The van der Waals surface area contributed by atoms with Gasteiger partial charge in [-0.2, -0.15) is 0 Å². The normalized spacial score (nSPS) is 22.2. The number of nitrogens with zero attached hydrogens (tertiary/aromatic N) is 3. The summed E-state index contributed by atoms with van der Waals surface area (Å²) in [6, 6.07) is 0. The summed E-state index contributed by atoms with van der Waals surface area (Å²) in [6.07, 6.45) is 3.78. The van der Waals surface area contributed by atoms with E-state index >= 15 is 0 Å². The largest absolute Gasteiger partial charge is 0.357 e. The number of hydrogen-bond donors (Lipinski definition) is 1. The first-order valence-electron chi connectivity index (χ1n) is 9.36. The Hall–Kier alpha value is -0.0400. The first-order chi connectivity index (χ1) is 10.6. The molecule has 0 aliphatic carbocycles. The molecule has 0 aromatic rings. The third kappa shape index (κ3) is 9.13. The van der Waals surface area contributed by atoms with E-state index in [2.05, 4.69) is 49.7 Å². The molecule has 1 fully saturated rings. The van der Waals surface area contributed by atoms with Crippen molar-refractivity contribution in [2.24, 2.45) is 16.8 Å². The minimum absolute atomic E-state index is 0. The molecule has 0 amide bonds. The zero-order valence-corrected chi connectivity index (χ0v) is 18.3. The highest BCUT2D eigenvalue weighted by Crippen LogP contribution is 2.20. The van der Waals surface area contributed by atoms with Gasteiger partial charge in [-0.25, -0.2) is 0 Å². The van der Waals surface area contributed by atoms with Crippen molar-refractivity contribution < 1.29 is 0 Å². The van der Waals surface area contributed by atoms with Gasteiger partial charge < -0.3 is 15.1 Å². The second-order valence-electron chi connectivity index (χ2n) is 6.82. The van der Waals surface area contributed by atoms with Crippen LogP contribution in [0.3, 0.4) is 0 Å². The van der Waals surface area contributed by atoms with Gasteiger partial charge in [-0.15, -0.1) is 24.0 Å². The summed E-state index contributed by atoms with van der Waals surface area (Å²) in [5, 5.41) is 3.48. The van der Waals surface area contributed by atoms with E-state index in [1.165, 1.54) is 25.8 Å². The summed E-state index contributed by atoms with van der Waals surface area (Å²) in [5.41, 5.74) is 0. The van der Waals surface area contributed by atoms with Crippen LogP contribution in [-0.2, 0) is 0 Å². The topological polar surface area (TPSA) is 30.9 Å². The highest BCUT2D eigenvalue weighted by Gasteiger charge is 2.23. The van der Waals surface area contributed by atoms with Gasteiger partial charge in [-0.05, 0) is 57.7 Å². The molecule has 1 heterocycles. The number of guanidine groups is 1. The lowest BCUT2D eigenvalue weighted by Crippen LogP contribution is -2.48. The van der Waals surface area contributed by atoms with Crippen LogP contribution in [0.5, 0.6) is 0 Å². The fourth-order valence-corrected chi connectivity index (χ4v) is 3.43. The number of piperidine rings is 1. The molecule has 0 aromatic carbocycles. The van der Waals surface area contributed by atoms with Crippen molar-refractivity contribution >= 4 is 29.9 Å². The van der Waals surface area contributed by atoms with Gasteiger partial charge in [-0.1, -0.05) is 27.7 Å². The second-order valence-corrected chi connectivity index (χ2v) is 6.82. The predicted octanol–water partition coefficient (Wildman–Crippen LogP) is 3.67. The second kappa shape index (κ2) is 13.3. The molecule has 0 bridgehead atoms. The summed E-state index contributed by atoms with van der Waals surface area (Å²) in [6.45, 7) is 19.1. The number of aliphatic imine (C=N–C) groups is 1. The molecule has 138 valence electrons. The molecule has 4 nitrogen and oxygen atoms in total. The van der Waals surface area contributed by atoms with Crippen molar-refractivity contribution in [3.63, 3.8) is 0 Å². The molecule has 1 aliphatic heterocycles. The maximum absolute atomic E-state index is 4.87. The summed E-state index contributed by atoms with van der Waals surface area (Å²) >= 11 is 0. The molecular formula is C18H39IN4. The van der Waals surface area contributed by atoms with Gasteiger partial charge in [0.05, 0.1) is 0 Å². The molecule has 0 spiro atoms. The van der Waals surface area contributed by atoms with Gasteiger partial charge in [0.1, 0.15) is 0 Å². The molecule has 1 rings (SSSR count). The highest BCUT2D eigenvalue weighted by atomic mass is 127. The number of unbranched alkanes of at least 4 members (excludes halogenated alkanes) is 1. The van der Waals surface area contributed by atoms with E-state index in [1.54, 1.807) is 0 Å². The molecule has 0 aromatic heterocycles. The number of likely N-dealkylation sites (tertiary alicyclic amines) is 1. The molecule has 0 saturated carbocycles. The first-order valence-corrected chi connectivity index (χ1v) is 9.36. The zero-order chi connectivity index (χ0) is 16.4. The third-order valence-electron chi connectivity index (χ3n) is 4.54. The van der Waals surface area contributed by atoms with Crippen LogP contribution in [0.1, 0.15) is 53.9 Å². The van der Waals surface area contributed by atoms with Gasteiger partial charge >= 0.3 is 0 Å². The van der Waals surface area contributed by atoms with Gasteiger partial charge in [0, 0.05) is 26.2 Å². The van der Waals surface area contributed by atoms with E-state index in [0.29, 0.717) is 0 Å². The van der Waals surface area contributed by atoms with E-state index in [0.717, 1.165) is 57.1 Å². The average Bonchev–Trinajstić information content (AvgIpc) is 2.48. The van der Waals surface area contributed by atoms with Crippen LogP contribution in [0.4, 0.5) is 0 Å². The summed E-state index contributed by atoms with van der Waals surface area (Å²) in [4.78, 5) is 9.82. The maximum atomic E-state index is 4.87. The number of hydrogen-bond acceptors (Lipinski definition) is 2. The quantitative estimate of drug-likeness (QED) is 0.272. The van der Waals surface area contributed by atoms with Crippen molar-refractivity contribution in [3.8, 4) is 0 Å². The Morgan fingerprint density at radius 2 is 1.70 bits per heavy atom. The molecule has 0 radical (unpaired) electrons. The Morgan fingerprint density at radius 1 is 1.09 bits per heavy atom. The third-order valence-corrected chi connectivity index (χ3v) is 4.54. The van der Waals surface area contributed by atoms with Crippen LogP contribution < -0.4 is 5.32 Å². The molecule has 2 atom stereocenters. The molecule has 1 saturated heterocycles. The standard InChI is InChI=1S/C18H38N4.HI/c1-6-19-18(22-14-16(4)13-17(5)15-22)20-11-9-10-12-21(7-2)8-3;/h16-17H,6-15H2,1-5H3,(H,19,20);1H. The lowest BCUT2D eigenvalue weighted by atomic mass is 9.92. The van der Waals surface area contributed by atoms with Crippen LogP contribution in [0, 0.1) is 11.8 Å². The predicted molar refractivity (Wildman–Crippen MR) is 113 cm³/mol. The van der Waals surface area contributed by atoms with E-state index in [9.17, 15) is 0 Å². The fraction of sp³-hybridized carbons (Fsp3) is 0.944. The number of rotatable bonds is 8. The Labute approximate surface area is 161 Å². The minimum atomic E-state index is 0. The van der Waals surface area contributed by atoms with Crippen molar-refractivity contribution in [2.45, 2.75) is 53.9 Å². The molecule has 2 unspecified atom stereocenters. The van der Waals surface area contributed by atoms with Gasteiger partial charge in [0.2, 0.25) is 0 Å². The van der Waals surface area contributed by atoms with Crippen molar-refractivity contribution in [1.29, 1.82) is 0 Å². The van der Waals surface area contributed by atoms with Gasteiger partial charge in [0.25, 0.3) is 0 Å². The maximum Gasteiger partial charge on any atom is 0.193 e. The Bertz CT molecular complexity index is 308. The molecule has 1 N–H and O–H groups in total. The van der Waals surface area contributed by atoms with E-state index in [4.69, 9.17) is 4.99 Å². The van der Waals surface area contributed by atoms with E-state index in [-0.39, 0.29) is 24.0 Å². The first kappa shape index (κ1) is 23.0. The fourth-order valence-electron chi connectivity index (χ4n) is 3.43. The average molecular weight is 438 g/mol. The number of nitrogens with one attached hydrogen (secondary N) is 1. The van der Waals surface area contributed by atoms with Crippen LogP contribution in [0.2, 0.25) is 0 Å². The van der Waals surface area contributed by atoms with E-state index < -0.39 is 0 Å². The molecular weight excluding hydrogens is 399 g/mol. The summed E-state index contributed by atoms with van der Waals surface area (Å²) in [5.74, 6) is 2.68. The van der Waals surface area contributed by atoms with E-state index in [1.807, 2.05) is 0 Å². The van der Waals surface area contributed by atoms with Crippen LogP contribution in [0.15, 0.2) is 4.99 Å². The molecule has 23 heavy (non-hydrogen) atoms. The Morgan fingerprint density at radius 3 is 2.22 bits per heavy atom. The summed E-state index contributed by atoms with van der Waals surface area (Å²) in [7, 11) is 0. The van der Waals surface area contributed by atoms with Crippen molar-refractivity contribution in [3.05, 3.63) is 0 Å². The highest BCUT2D eigenvalue weighted by molar-refractivity contribution is 14.0. The Kier molecular flexibility index (Phi) is 13.3. The molecule has 5 heteroatoms. The molecule has 1 aliphatic rings. The van der Waals surface area contributed by atoms with Crippen LogP contribution in [-0.4, -0.2) is 61.6 Å². The monoisotopic (exact) mass is 438 g/mol. The van der Waals surface area contributed by atoms with Gasteiger partial charge in [0.15, 0.2) is 5.96 Å². The number of halogens is 1. The van der Waals surface area contributed by atoms with Crippen LogP contribution >= 0.6 is 24.0 Å². The lowest BCUT2D eigenvalue weighted by Gasteiger charge is -2.37. The SMILES string of the molecule is CCNC(=NCCCCN(CC)CC)N1CC(C)CC(C)C1.I. The Balaban J connectivity index is 0.00000484.